The Labute approximate surface area is 67.0 Å². The van der Waals surface area contributed by atoms with Crippen LogP contribution in [0.15, 0.2) is 4.99 Å². The van der Waals surface area contributed by atoms with E-state index in [9.17, 15) is 0 Å². The minimum absolute atomic E-state index is 0.237. The summed E-state index contributed by atoms with van der Waals surface area (Å²) in [5.41, 5.74) is 0. The van der Waals surface area contributed by atoms with Gasteiger partial charge in [0.1, 0.15) is 0 Å². The van der Waals surface area contributed by atoms with Crippen LogP contribution >= 0.6 is 0 Å². The molecule has 0 rings (SSSR count). The zero-order chi connectivity index (χ0) is 9.28. The topological polar surface area (TPSA) is 12.4 Å². The molecule has 0 amide bonds. The third-order valence-corrected chi connectivity index (χ3v) is 7.04. The van der Waals surface area contributed by atoms with Crippen LogP contribution in [0.2, 0.25) is 18.1 Å². The van der Waals surface area contributed by atoms with Crippen LogP contribution in [0.25, 0.3) is 0 Å². The fourth-order valence-corrected chi connectivity index (χ4v) is 1.27. The Morgan fingerprint density at radius 2 is 1.90 bits per heavy atom. The molecule has 1 atom stereocenters. The molecule has 2 heteroatoms. The van der Waals surface area contributed by atoms with Crippen molar-refractivity contribution in [3.05, 3.63) is 0 Å². The molecule has 0 radical (unpaired) electrons. The molecule has 0 aromatic carbocycles. The summed E-state index contributed by atoms with van der Waals surface area (Å²) < 4.78 is 7.71. The molecule has 0 aromatic rings. The van der Waals surface area contributed by atoms with Gasteiger partial charge in [0.15, 0.2) is 0 Å². The quantitative estimate of drug-likeness (QED) is 0.434. The lowest BCUT2D eigenvalue weighted by Gasteiger charge is -2.35. The maximum atomic E-state index is 7.71. The van der Waals surface area contributed by atoms with Gasteiger partial charge in [-0.15, -0.1) is 0 Å². The Morgan fingerprint density at radius 3 is 2.00 bits per heavy atom. The van der Waals surface area contributed by atoms with Crippen LogP contribution in [0.5, 0.6) is 0 Å². The van der Waals surface area contributed by atoms with Gasteiger partial charge in [-0.2, -0.15) is 0 Å². The zero-order valence-corrected chi connectivity index (χ0v) is 8.73. The van der Waals surface area contributed by atoms with E-state index in [0.29, 0.717) is 0 Å². The Kier molecular flexibility index (Phi) is 2.29. The summed E-state index contributed by atoms with van der Waals surface area (Å²) in [7, 11) is -1.57. The van der Waals surface area contributed by atoms with Crippen LogP contribution in [0, 0.1) is 0 Å². The summed E-state index contributed by atoms with van der Waals surface area (Å²) in [6.07, 6.45) is -0.289. The lowest BCUT2D eigenvalue weighted by molar-refractivity contribution is 0.716. The molecule has 1 nitrogen and oxygen atoms in total. The molecule has 0 aliphatic heterocycles. The lowest BCUT2D eigenvalue weighted by Crippen LogP contribution is -2.40. The molecule has 0 bridgehead atoms. The van der Waals surface area contributed by atoms with Crippen molar-refractivity contribution in [3.8, 4) is 0 Å². The van der Waals surface area contributed by atoms with Crippen molar-refractivity contribution in [2.45, 2.75) is 38.9 Å². The first-order valence-corrected chi connectivity index (χ1v) is 6.69. The summed E-state index contributed by atoms with van der Waals surface area (Å²) in [5.74, 6) is 0. The molecule has 0 spiro atoms. The number of aliphatic imine (C=N–C) groups is 1. The molecule has 0 saturated heterocycles. The van der Waals surface area contributed by atoms with E-state index in [1.807, 2.05) is 0 Å². The standard InChI is InChI=1S/C8H19NSi/c1-8(2,3)10(5,6)7-9-4/h4,7H2,1-3,5-6H3/i7T. The molecule has 0 aliphatic rings. The molecule has 0 saturated carbocycles. The van der Waals surface area contributed by atoms with Gasteiger partial charge in [0, 0.05) is 7.51 Å². The van der Waals surface area contributed by atoms with Crippen LogP contribution < -0.4 is 0 Å². The highest BCUT2D eigenvalue weighted by Crippen LogP contribution is 2.35. The maximum Gasteiger partial charge on any atom is 0.0775 e. The van der Waals surface area contributed by atoms with Gasteiger partial charge in [0.05, 0.1) is 8.07 Å². The Bertz CT molecular complexity index is 149. The lowest BCUT2D eigenvalue weighted by atomic mass is 10.2. The van der Waals surface area contributed by atoms with E-state index in [-0.39, 0.29) is 11.2 Å². The molecule has 0 aromatic heterocycles. The predicted molar refractivity (Wildman–Crippen MR) is 51.6 cm³/mol. The van der Waals surface area contributed by atoms with E-state index in [1.165, 1.54) is 0 Å². The van der Waals surface area contributed by atoms with Gasteiger partial charge >= 0.3 is 0 Å². The molecule has 0 fully saturated rings. The summed E-state index contributed by atoms with van der Waals surface area (Å²) in [6.45, 7) is 14.4. The highest BCUT2D eigenvalue weighted by atomic mass is 28.3. The monoisotopic (exact) mass is 159 g/mol. The van der Waals surface area contributed by atoms with Crippen LogP contribution in [0.4, 0.5) is 0 Å². The fraction of sp³-hybridized carbons (Fsp3) is 0.875. The fourth-order valence-electron chi connectivity index (χ4n) is 0.422. The second-order valence-corrected chi connectivity index (χ2v) is 9.48. The van der Waals surface area contributed by atoms with Crippen LogP contribution in [-0.4, -0.2) is 20.9 Å². The number of hydrogen-bond donors (Lipinski definition) is 0. The van der Waals surface area contributed by atoms with Crippen molar-refractivity contribution >= 4 is 14.8 Å². The summed E-state index contributed by atoms with van der Waals surface area (Å²) in [6, 6.07) is 0. The highest BCUT2D eigenvalue weighted by molar-refractivity contribution is 6.80. The smallest absolute Gasteiger partial charge is 0.0775 e. The van der Waals surface area contributed by atoms with E-state index in [1.54, 1.807) is 0 Å². The zero-order valence-electron chi connectivity index (χ0n) is 8.73. The number of hydrogen-bond acceptors (Lipinski definition) is 1. The Morgan fingerprint density at radius 1 is 1.50 bits per heavy atom. The minimum atomic E-state index is -1.57. The first-order valence-electron chi connectivity index (χ1n) is 4.19. The average Bonchev–Trinajstić information content (AvgIpc) is 1.83. The predicted octanol–water partition coefficient (Wildman–Crippen LogP) is 2.73. The molecular formula is C8H19NSi. The largest absolute Gasteiger partial charge is 0.304 e. The Balaban J connectivity index is 4.58. The maximum absolute atomic E-state index is 7.71. The highest BCUT2D eigenvalue weighted by Gasteiger charge is 2.34. The van der Waals surface area contributed by atoms with Crippen molar-refractivity contribution in [1.82, 2.24) is 0 Å². The molecule has 60 valence electrons. The van der Waals surface area contributed by atoms with Crippen LogP contribution in [0.1, 0.15) is 22.1 Å². The SMILES string of the molecule is [3H]C(N=C)[Si](C)(C)C(C)(C)C. The Hall–Kier alpha value is -0.113. The van der Waals surface area contributed by atoms with E-state index in [2.05, 4.69) is 45.6 Å². The van der Waals surface area contributed by atoms with Gasteiger partial charge in [-0.1, -0.05) is 33.9 Å². The van der Waals surface area contributed by atoms with E-state index < -0.39 is 8.07 Å². The summed E-state index contributed by atoms with van der Waals surface area (Å²) in [4.78, 5) is 3.80. The molecule has 1 unspecified atom stereocenters. The summed E-state index contributed by atoms with van der Waals surface area (Å²) in [5, 5.41) is 0.237. The second-order valence-electron chi connectivity index (χ2n) is 4.28. The molecule has 0 N–H and O–H groups in total. The molecular weight excluding hydrogens is 138 g/mol. The number of nitrogens with zero attached hydrogens (tertiary/aromatic N) is 1. The van der Waals surface area contributed by atoms with E-state index in [0.717, 1.165) is 0 Å². The third kappa shape index (κ3) is 2.25. The van der Waals surface area contributed by atoms with Crippen molar-refractivity contribution in [2.24, 2.45) is 4.99 Å². The van der Waals surface area contributed by atoms with Gasteiger partial charge in [0.2, 0.25) is 0 Å². The van der Waals surface area contributed by atoms with Gasteiger partial charge in [-0.05, 0) is 11.8 Å². The normalized spacial score (nSPS) is 17.9. The molecule has 0 aliphatic carbocycles. The van der Waals surface area contributed by atoms with E-state index in [4.69, 9.17) is 1.37 Å². The van der Waals surface area contributed by atoms with Crippen molar-refractivity contribution in [2.75, 3.05) is 6.14 Å². The minimum Gasteiger partial charge on any atom is -0.304 e. The first-order chi connectivity index (χ1) is 4.73. The van der Waals surface area contributed by atoms with Crippen molar-refractivity contribution in [3.63, 3.8) is 0 Å². The second kappa shape index (κ2) is 2.87. The van der Waals surface area contributed by atoms with Crippen molar-refractivity contribution < 1.29 is 1.37 Å². The first kappa shape index (κ1) is 7.99. The van der Waals surface area contributed by atoms with Gasteiger partial charge in [0.25, 0.3) is 0 Å². The molecule has 0 heterocycles. The average molecular weight is 159 g/mol. The van der Waals surface area contributed by atoms with Gasteiger partial charge in [-0.3, -0.25) is 0 Å². The van der Waals surface area contributed by atoms with Crippen molar-refractivity contribution in [1.29, 1.82) is 0 Å². The number of rotatable bonds is 2. The van der Waals surface area contributed by atoms with Gasteiger partial charge in [-0.25, -0.2) is 0 Å². The van der Waals surface area contributed by atoms with Gasteiger partial charge < -0.3 is 4.99 Å². The van der Waals surface area contributed by atoms with Crippen LogP contribution in [0.3, 0.4) is 0 Å². The third-order valence-electron chi connectivity index (χ3n) is 2.35. The summed E-state index contributed by atoms with van der Waals surface area (Å²) >= 11 is 0. The van der Waals surface area contributed by atoms with Crippen LogP contribution in [-0.2, 0) is 0 Å². The molecule has 10 heavy (non-hydrogen) atoms. The van der Waals surface area contributed by atoms with E-state index >= 15 is 0 Å².